The number of fused-ring (bicyclic) bond motifs is 3. The smallest absolute Gasteiger partial charge is 0.236 e. The van der Waals surface area contributed by atoms with Gasteiger partial charge in [0.05, 0.1) is 26.5 Å². The standard InChI is InChI=1S/C17H14Cl2N2O2S/c18-13-8-11-7-12(6-10-4-2-1-3-5-10)24(22,23)21-16(11)17-15(13)14(19)9-20-17/h1-5,8-9,12,20-21H,6-7H2. The molecule has 0 aliphatic carbocycles. The Morgan fingerprint density at radius 1 is 1.12 bits per heavy atom. The van der Waals surface area contributed by atoms with Gasteiger partial charge in [0.2, 0.25) is 10.0 Å². The van der Waals surface area contributed by atoms with Crippen molar-refractivity contribution < 1.29 is 8.42 Å². The molecule has 0 amide bonds. The Labute approximate surface area is 149 Å². The first-order valence-corrected chi connectivity index (χ1v) is 9.79. The maximum atomic E-state index is 12.7. The first kappa shape index (κ1) is 15.8. The number of nitrogens with one attached hydrogen (secondary N) is 2. The fourth-order valence-electron chi connectivity index (χ4n) is 3.20. The molecule has 24 heavy (non-hydrogen) atoms. The van der Waals surface area contributed by atoms with Gasteiger partial charge in [-0.1, -0.05) is 53.5 Å². The lowest BCUT2D eigenvalue weighted by molar-refractivity contribution is 0.579. The number of hydrogen-bond donors (Lipinski definition) is 2. The van der Waals surface area contributed by atoms with Crippen molar-refractivity contribution in [3.8, 4) is 0 Å². The van der Waals surface area contributed by atoms with E-state index in [9.17, 15) is 8.42 Å². The Morgan fingerprint density at radius 2 is 1.88 bits per heavy atom. The van der Waals surface area contributed by atoms with Gasteiger partial charge in [0, 0.05) is 11.6 Å². The summed E-state index contributed by atoms with van der Waals surface area (Å²) in [6.07, 6.45) is 2.48. The van der Waals surface area contributed by atoms with Crippen molar-refractivity contribution in [1.82, 2.24) is 4.98 Å². The van der Waals surface area contributed by atoms with Crippen LogP contribution in [0, 0.1) is 0 Å². The Hall–Kier alpha value is -1.69. The molecule has 2 N–H and O–H groups in total. The third-order valence-corrected chi connectivity index (χ3v) is 6.68. The highest BCUT2D eigenvalue weighted by Gasteiger charge is 2.34. The summed E-state index contributed by atoms with van der Waals surface area (Å²) in [4.78, 5) is 3.02. The second-order valence-electron chi connectivity index (χ2n) is 5.94. The zero-order valence-corrected chi connectivity index (χ0v) is 14.8. The van der Waals surface area contributed by atoms with Crippen LogP contribution in [0.5, 0.6) is 0 Å². The van der Waals surface area contributed by atoms with Crippen LogP contribution in [0.2, 0.25) is 10.0 Å². The number of H-pyrrole nitrogens is 1. The number of aromatic amines is 1. The molecule has 0 saturated heterocycles. The van der Waals surface area contributed by atoms with Crippen LogP contribution in [0.15, 0.2) is 42.6 Å². The van der Waals surface area contributed by atoms with E-state index in [1.54, 1.807) is 12.3 Å². The number of aromatic nitrogens is 1. The molecule has 1 aromatic heterocycles. The van der Waals surface area contributed by atoms with Crippen molar-refractivity contribution >= 4 is 49.8 Å². The zero-order chi connectivity index (χ0) is 16.9. The van der Waals surface area contributed by atoms with Crippen LogP contribution in [-0.2, 0) is 22.9 Å². The van der Waals surface area contributed by atoms with Gasteiger partial charge >= 0.3 is 0 Å². The summed E-state index contributed by atoms with van der Waals surface area (Å²) in [5, 5.41) is 1.10. The largest absolute Gasteiger partial charge is 0.358 e. The van der Waals surface area contributed by atoms with Crippen molar-refractivity contribution in [2.75, 3.05) is 4.72 Å². The van der Waals surface area contributed by atoms with Gasteiger partial charge in [-0.25, -0.2) is 8.42 Å². The lowest BCUT2D eigenvalue weighted by Crippen LogP contribution is -2.36. The SMILES string of the molecule is O=S1(=O)Nc2c(cc(Cl)c3c(Cl)c[nH]c23)CC1Cc1ccccc1. The fourth-order valence-corrected chi connectivity index (χ4v) is 5.33. The molecule has 2 heterocycles. The fraction of sp³-hybridized carbons (Fsp3) is 0.176. The monoisotopic (exact) mass is 380 g/mol. The third kappa shape index (κ3) is 2.57. The first-order valence-electron chi connectivity index (χ1n) is 7.49. The molecule has 4 nitrogen and oxygen atoms in total. The van der Waals surface area contributed by atoms with Gasteiger partial charge in [0.25, 0.3) is 0 Å². The number of hydrogen-bond acceptors (Lipinski definition) is 2. The van der Waals surface area contributed by atoms with Gasteiger partial charge in [-0.05, 0) is 30.0 Å². The second-order valence-corrected chi connectivity index (χ2v) is 8.72. The summed E-state index contributed by atoms with van der Waals surface area (Å²) in [6, 6.07) is 11.4. The highest BCUT2D eigenvalue weighted by Crippen LogP contribution is 2.41. The summed E-state index contributed by atoms with van der Waals surface area (Å²) in [6.45, 7) is 0. The van der Waals surface area contributed by atoms with E-state index in [1.165, 1.54) is 0 Å². The summed E-state index contributed by atoms with van der Waals surface area (Å²) in [5.41, 5.74) is 3.04. The van der Waals surface area contributed by atoms with Gasteiger partial charge in [-0.15, -0.1) is 0 Å². The molecular formula is C17H14Cl2N2O2S. The van der Waals surface area contributed by atoms with E-state index in [1.807, 2.05) is 30.3 Å². The molecule has 1 atom stereocenters. The molecule has 0 fully saturated rings. The average Bonchev–Trinajstić information content (AvgIpc) is 2.93. The molecule has 0 radical (unpaired) electrons. The predicted molar refractivity (Wildman–Crippen MR) is 98.5 cm³/mol. The van der Waals surface area contributed by atoms with E-state index in [0.717, 1.165) is 11.1 Å². The number of sulfonamides is 1. The molecule has 0 bridgehead atoms. The van der Waals surface area contributed by atoms with E-state index in [4.69, 9.17) is 23.2 Å². The molecule has 7 heteroatoms. The topological polar surface area (TPSA) is 62.0 Å². The molecule has 124 valence electrons. The summed E-state index contributed by atoms with van der Waals surface area (Å²) in [5.74, 6) is 0. The lowest BCUT2D eigenvalue weighted by atomic mass is 10.0. The number of halogens is 2. The van der Waals surface area contributed by atoms with Crippen LogP contribution in [0.4, 0.5) is 5.69 Å². The molecular weight excluding hydrogens is 367 g/mol. The first-order chi connectivity index (χ1) is 11.5. The maximum absolute atomic E-state index is 12.7. The summed E-state index contributed by atoms with van der Waals surface area (Å²) >= 11 is 12.5. The van der Waals surface area contributed by atoms with Crippen LogP contribution in [0.1, 0.15) is 11.1 Å². The van der Waals surface area contributed by atoms with Gasteiger partial charge in [-0.3, -0.25) is 4.72 Å². The molecule has 0 spiro atoms. The quantitative estimate of drug-likeness (QED) is 0.692. The second kappa shape index (κ2) is 5.69. The molecule has 2 aromatic carbocycles. The minimum atomic E-state index is -3.49. The van der Waals surface area contributed by atoms with E-state index in [0.29, 0.717) is 39.5 Å². The minimum Gasteiger partial charge on any atom is -0.358 e. The van der Waals surface area contributed by atoms with Crippen molar-refractivity contribution in [3.63, 3.8) is 0 Å². The van der Waals surface area contributed by atoms with E-state index < -0.39 is 15.3 Å². The number of anilines is 1. The Bertz CT molecular complexity index is 1030. The summed E-state index contributed by atoms with van der Waals surface area (Å²) < 4.78 is 28.1. The average molecular weight is 381 g/mol. The zero-order valence-electron chi connectivity index (χ0n) is 12.5. The Kier molecular flexibility index (Phi) is 3.75. The molecule has 1 unspecified atom stereocenters. The predicted octanol–water partition coefficient (Wildman–Crippen LogP) is 4.38. The van der Waals surface area contributed by atoms with Crippen molar-refractivity contribution in [2.24, 2.45) is 0 Å². The van der Waals surface area contributed by atoms with E-state index in [2.05, 4.69) is 9.71 Å². The Balaban J connectivity index is 1.79. The summed E-state index contributed by atoms with van der Waals surface area (Å²) in [7, 11) is -3.49. The van der Waals surface area contributed by atoms with Crippen molar-refractivity contribution in [3.05, 3.63) is 63.8 Å². The maximum Gasteiger partial charge on any atom is 0.236 e. The van der Waals surface area contributed by atoms with E-state index in [-0.39, 0.29) is 0 Å². The van der Waals surface area contributed by atoms with Gasteiger partial charge in [0.15, 0.2) is 0 Å². The van der Waals surface area contributed by atoms with Crippen molar-refractivity contribution in [2.45, 2.75) is 18.1 Å². The van der Waals surface area contributed by atoms with Crippen LogP contribution >= 0.6 is 23.2 Å². The minimum absolute atomic E-state index is 0.409. The highest BCUT2D eigenvalue weighted by atomic mass is 35.5. The van der Waals surface area contributed by atoms with Crippen LogP contribution < -0.4 is 4.72 Å². The van der Waals surface area contributed by atoms with Crippen molar-refractivity contribution in [1.29, 1.82) is 0 Å². The molecule has 1 aliphatic heterocycles. The molecule has 0 saturated carbocycles. The Morgan fingerprint density at radius 3 is 2.62 bits per heavy atom. The van der Waals surface area contributed by atoms with E-state index >= 15 is 0 Å². The van der Waals surface area contributed by atoms with Crippen LogP contribution in [-0.4, -0.2) is 18.7 Å². The molecule has 4 rings (SSSR count). The van der Waals surface area contributed by atoms with Gasteiger partial charge < -0.3 is 4.98 Å². The highest BCUT2D eigenvalue weighted by molar-refractivity contribution is 7.93. The van der Waals surface area contributed by atoms with Crippen LogP contribution in [0.25, 0.3) is 10.9 Å². The molecule has 1 aliphatic rings. The molecule has 3 aromatic rings. The third-order valence-electron chi connectivity index (χ3n) is 4.38. The normalized spacial score (nSPS) is 19.0. The number of benzene rings is 2. The lowest BCUT2D eigenvalue weighted by Gasteiger charge is -2.27. The van der Waals surface area contributed by atoms with Gasteiger partial charge in [-0.2, -0.15) is 0 Å². The number of rotatable bonds is 2. The van der Waals surface area contributed by atoms with Gasteiger partial charge in [0.1, 0.15) is 0 Å². The van der Waals surface area contributed by atoms with Crippen LogP contribution in [0.3, 0.4) is 0 Å².